The molecule has 0 unspecified atom stereocenters. The van der Waals surface area contributed by atoms with E-state index in [2.05, 4.69) is 11.8 Å². The average Bonchev–Trinajstić information content (AvgIpc) is 2.82. The number of hydrogen-bond donors (Lipinski definition) is 0. The summed E-state index contributed by atoms with van der Waals surface area (Å²) in [6.07, 6.45) is 0. The van der Waals surface area contributed by atoms with Gasteiger partial charge >= 0.3 is 5.69 Å². The number of fused-ring (bicyclic) bond motifs is 1. The number of likely N-dealkylation sites (N-methyl/N-ethyl adjacent to an activating group) is 1. The SMILES string of the molecule is CCN1CCN(C(=O)[C@@H](C)n2c(=O)n(Cc3ccccc3)c(=O)c3ccccc32)CC1. The fourth-order valence-electron chi connectivity index (χ4n) is 4.27. The highest BCUT2D eigenvalue weighted by atomic mass is 16.2. The summed E-state index contributed by atoms with van der Waals surface area (Å²) in [5, 5.41) is 0.438. The molecular formula is C24H28N4O3. The summed E-state index contributed by atoms with van der Waals surface area (Å²) in [7, 11) is 0. The molecule has 4 rings (SSSR count). The van der Waals surface area contributed by atoms with Gasteiger partial charge in [0.1, 0.15) is 6.04 Å². The highest BCUT2D eigenvalue weighted by Crippen LogP contribution is 2.17. The number of hydrogen-bond acceptors (Lipinski definition) is 4. The van der Waals surface area contributed by atoms with Crippen molar-refractivity contribution in [2.45, 2.75) is 26.4 Å². The van der Waals surface area contributed by atoms with Crippen LogP contribution in [0.25, 0.3) is 10.9 Å². The van der Waals surface area contributed by atoms with E-state index in [-0.39, 0.29) is 18.0 Å². The van der Waals surface area contributed by atoms with Crippen LogP contribution in [0.15, 0.2) is 64.2 Å². The van der Waals surface area contributed by atoms with Crippen LogP contribution in [-0.2, 0) is 11.3 Å². The molecule has 1 atom stereocenters. The van der Waals surface area contributed by atoms with E-state index < -0.39 is 11.7 Å². The Kier molecular flexibility index (Phi) is 6.04. The Hall–Kier alpha value is -3.19. The van der Waals surface area contributed by atoms with Crippen LogP contribution < -0.4 is 11.2 Å². The zero-order valence-electron chi connectivity index (χ0n) is 18.0. The van der Waals surface area contributed by atoms with E-state index in [1.54, 1.807) is 31.2 Å². The van der Waals surface area contributed by atoms with Gasteiger partial charge in [-0.25, -0.2) is 4.79 Å². The summed E-state index contributed by atoms with van der Waals surface area (Å²) in [4.78, 5) is 44.0. The second-order valence-corrected chi connectivity index (χ2v) is 7.98. The van der Waals surface area contributed by atoms with Crippen LogP contribution in [-0.4, -0.2) is 57.6 Å². The molecule has 162 valence electrons. The Bertz CT molecular complexity index is 1190. The molecule has 0 saturated carbocycles. The van der Waals surface area contributed by atoms with Crippen LogP contribution in [0.4, 0.5) is 0 Å². The lowest BCUT2D eigenvalue weighted by Gasteiger charge is -2.35. The maximum absolute atomic E-state index is 13.5. The fraction of sp³-hybridized carbons (Fsp3) is 0.375. The molecule has 0 spiro atoms. The van der Waals surface area contributed by atoms with E-state index in [4.69, 9.17) is 0 Å². The van der Waals surface area contributed by atoms with Gasteiger partial charge in [-0.1, -0.05) is 49.4 Å². The first-order valence-electron chi connectivity index (χ1n) is 10.8. The molecule has 1 aromatic heterocycles. The van der Waals surface area contributed by atoms with E-state index >= 15 is 0 Å². The Morgan fingerprint density at radius 1 is 0.935 bits per heavy atom. The third-order valence-corrected chi connectivity index (χ3v) is 6.14. The minimum absolute atomic E-state index is 0.0899. The molecular weight excluding hydrogens is 392 g/mol. The van der Waals surface area contributed by atoms with Crippen molar-refractivity contribution in [2.75, 3.05) is 32.7 Å². The van der Waals surface area contributed by atoms with Crippen LogP contribution in [0.2, 0.25) is 0 Å². The first-order valence-corrected chi connectivity index (χ1v) is 10.8. The summed E-state index contributed by atoms with van der Waals surface area (Å²) in [6, 6.07) is 15.7. The fourth-order valence-corrected chi connectivity index (χ4v) is 4.27. The van der Waals surface area contributed by atoms with Crippen LogP contribution in [0.1, 0.15) is 25.5 Å². The lowest BCUT2D eigenvalue weighted by molar-refractivity contribution is -0.136. The lowest BCUT2D eigenvalue weighted by atomic mass is 10.1. The van der Waals surface area contributed by atoms with Gasteiger partial charge in [0.05, 0.1) is 17.4 Å². The average molecular weight is 421 g/mol. The molecule has 1 amide bonds. The summed E-state index contributed by atoms with van der Waals surface area (Å²) < 4.78 is 2.71. The van der Waals surface area contributed by atoms with Crippen molar-refractivity contribution in [3.63, 3.8) is 0 Å². The number of aromatic nitrogens is 2. The molecule has 2 aromatic carbocycles. The van der Waals surface area contributed by atoms with Crippen LogP contribution in [0.3, 0.4) is 0 Å². The molecule has 1 fully saturated rings. The first-order chi connectivity index (χ1) is 15.0. The molecule has 31 heavy (non-hydrogen) atoms. The van der Waals surface area contributed by atoms with E-state index in [1.807, 2.05) is 35.2 Å². The van der Waals surface area contributed by atoms with Crippen molar-refractivity contribution >= 4 is 16.8 Å². The maximum atomic E-state index is 13.5. The second kappa shape index (κ2) is 8.89. The van der Waals surface area contributed by atoms with E-state index in [0.29, 0.717) is 24.0 Å². The number of nitrogens with zero attached hydrogens (tertiary/aromatic N) is 4. The molecule has 1 saturated heterocycles. The van der Waals surface area contributed by atoms with Crippen molar-refractivity contribution in [1.29, 1.82) is 0 Å². The summed E-state index contributed by atoms with van der Waals surface area (Å²) in [5.74, 6) is -0.0899. The molecule has 0 radical (unpaired) electrons. The molecule has 0 aliphatic carbocycles. The minimum Gasteiger partial charge on any atom is -0.338 e. The van der Waals surface area contributed by atoms with Gasteiger partial charge in [-0.15, -0.1) is 0 Å². The first kappa shape index (κ1) is 21.1. The molecule has 1 aliphatic heterocycles. The number of benzene rings is 2. The molecule has 0 N–H and O–H groups in total. The molecule has 3 aromatic rings. The highest BCUT2D eigenvalue weighted by molar-refractivity contribution is 5.84. The summed E-state index contributed by atoms with van der Waals surface area (Å²) >= 11 is 0. The lowest BCUT2D eigenvalue weighted by Crippen LogP contribution is -2.51. The second-order valence-electron chi connectivity index (χ2n) is 7.98. The monoisotopic (exact) mass is 420 g/mol. The zero-order chi connectivity index (χ0) is 22.0. The number of carbonyl (C=O) groups is 1. The number of rotatable bonds is 5. The van der Waals surface area contributed by atoms with Crippen molar-refractivity contribution in [3.8, 4) is 0 Å². The summed E-state index contributed by atoms with van der Waals surface area (Å²) in [6.45, 7) is 7.95. The smallest absolute Gasteiger partial charge is 0.332 e. The van der Waals surface area contributed by atoms with Gasteiger partial charge < -0.3 is 9.80 Å². The van der Waals surface area contributed by atoms with Crippen molar-refractivity contribution in [1.82, 2.24) is 18.9 Å². The van der Waals surface area contributed by atoms with Crippen molar-refractivity contribution < 1.29 is 4.79 Å². The third kappa shape index (κ3) is 4.05. The van der Waals surface area contributed by atoms with Gasteiger partial charge in [0.15, 0.2) is 0 Å². The molecule has 0 bridgehead atoms. The Balaban J connectivity index is 1.77. The third-order valence-electron chi connectivity index (χ3n) is 6.14. The number of para-hydroxylation sites is 1. The predicted octanol–water partition coefficient (Wildman–Crippen LogP) is 1.94. The van der Waals surface area contributed by atoms with Crippen LogP contribution >= 0.6 is 0 Å². The van der Waals surface area contributed by atoms with Gasteiger partial charge in [-0.2, -0.15) is 0 Å². The van der Waals surface area contributed by atoms with Crippen LogP contribution in [0.5, 0.6) is 0 Å². The molecule has 2 heterocycles. The Labute approximate surface area is 181 Å². The minimum atomic E-state index is -0.701. The molecule has 7 nitrogen and oxygen atoms in total. The zero-order valence-corrected chi connectivity index (χ0v) is 18.0. The van der Waals surface area contributed by atoms with E-state index in [1.165, 1.54) is 9.13 Å². The van der Waals surface area contributed by atoms with Gasteiger partial charge in [0.2, 0.25) is 5.91 Å². The molecule has 7 heteroatoms. The maximum Gasteiger partial charge on any atom is 0.332 e. The predicted molar refractivity (Wildman–Crippen MR) is 121 cm³/mol. The van der Waals surface area contributed by atoms with E-state index in [0.717, 1.165) is 25.2 Å². The largest absolute Gasteiger partial charge is 0.338 e. The van der Waals surface area contributed by atoms with Gasteiger partial charge in [0, 0.05) is 26.2 Å². The van der Waals surface area contributed by atoms with Crippen molar-refractivity contribution in [2.24, 2.45) is 0 Å². The number of carbonyl (C=O) groups excluding carboxylic acids is 1. The van der Waals surface area contributed by atoms with E-state index in [9.17, 15) is 14.4 Å². The van der Waals surface area contributed by atoms with Crippen molar-refractivity contribution in [3.05, 3.63) is 81.0 Å². The van der Waals surface area contributed by atoms with Gasteiger partial charge in [-0.05, 0) is 31.2 Å². The molecule has 1 aliphatic rings. The number of piperazine rings is 1. The quantitative estimate of drug-likeness (QED) is 0.633. The Morgan fingerprint density at radius 2 is 1.58 bits per heavy atom. The van der Waals surface area contributed by atoms with Gasteiger partial charge in [-0.3, -0.25) is 18.7 Å². The topological polar surface area (TPSA) is 67.5 Å². The summed E-state index contributed by atoms with van der Waals surface area (Å²) in [5.41, 5.74) is 0.561. The normalized spacial score (nSPS) is 15.9. The highest BCUT2D eigenvalue weighted by Gasteiger charge is 2.28. The van der Waals surface area contributed by atoms with Crippen LogP contribution in [0, 0.1) is 0 Å². The number of amides is 1. The van der Waals surface area contributed by atoms with Gasteiger partial charge in [0.25, 0.3) is 5.56 Å². The standard InChI is InChI=1S/C24H28N4O3/c1-3-25-13-15-26(16-14-25)22(29)18(2)28-21-12-8-7-11-20(21)23(30)27(24(28)31)17-19-9-5-4-6-10-19/h4-12,18H,3,13-17H2,1-2H3/t18-/m1/s1. The Morgan fingerprint density at radius 3 is 2.26 bits per heavy atom.